The topological polar surface area (TPSA) is 146 Å². The summed E-state index contributed by atoms with van der Waals surface area (Å²) in [7, 11) is 0. The zero-order chi connectivity index (χ0) is 24.1. The van der Waals surface area contributed by atoms with Crippen LogP contribution in [0.15, 0.2) is 90.1 Å². The van der Waals surface area contributed by atoms with Crippen LogP contribution in [0, 0.1) is 20.2 Å². The van der Waals surface area contributed by atoms with Crippen LogP contribution >= 0.6 is 0 Å². The molecule has 34 heavy (non-hydrogen) atoms. The molecule has 1 aromatic heterocycles. The number of carbonyl (C=O) groups is 1. The summed E-state index contributed by atoms with van der Waals surface area (Å²) < 4.78 is 1.49. The number of carbonyl (C=O) groups excluding carboxylic acids is 1. The second-order valence-electron chi connectivity index (χ2n) is 7.01. The SMILES string of the molecule is O=C(Nc1ccc([N+](=O)[O-])cc1)c1nn(-c2ccccc2)cc1N=Cc1cccc([N+](=O)[O-])c1. The van der Waals surface area contributed by atoms with Crippen molar-refractivity contribution < 1.29 is 14.6 Å². The summed E-state index contributed by atoms with van der Waals surface area (Å²) in [6.07, 6.45) is 2.97. The molecule has 11 nitrogen and oxygen atoms in total. The minimum atomic E-state index is -0.574. The van der Waals surface area contributed by atoms with Crippen molar-refractivity contribution in [2.24, 2.45) is 4.99 Å². The molecule has 0 radical (unpaired) electrons. The van der Waals surface area contributed by atoms with E-state index < -0.39 is 15.8 Å². The lowest BCUT2D eigenvalue weighted by Gasteiger charge is -2.04. The number of amides is 1. The Kier molecular flexibility index (Phi) is 6.17. The molecule has 0 fully saturated rings. The maximum Gasteiger partial charge on any atom is 0.278 e. The van der Waals surface area contributed by atoms with E-state index in [9.17, 15) is 25.0 Å². The van der Waals surface area contributed by atoms with Gasteiger partial charge < -0.3 is 5.32 Å². The van der Waals surface area contributed by atoms with Crippen molar-refractivity contribution in [3.05, 3.63) is 117 Å². The minimum absolute atomic E-state index is 0.00360. The number of nitro groups is 2. The van der Waals surface area contributed by atoms with Gasteiger partial charge in [0.2, 0.25) is 0 Å². The third-order valence-corrected chi connectivity index (χ3v) is 4.70. The summed E-state index contributed by atoms with van der Waals surface area (Å²) in [4.78, 5) is 38.1. The average Bonchev–Trinajstić information content (AvgIpc) is 3.28. The summed E-state index contributed by atoms with van der Waals surface area (Å²) in [6, 6.07) is 20.4. The van der Waals surface area contributed by atoms with Crippen molar-refractivity contribution in [1.82, 2.24) is 9.78 Å². The molecule has 1 amide bonds. The van der Waals surface area contributed by atoms with Gasteiger partial charge >= 0.3 is 0 Å². The molecule has 4 aromatic rings. The van der Waals surface area contributed by atoms with E-state index >= 15 is 0 Å². The van der Waals surface area contributed by atoms with Crippen LogP contribution in [0.1, 0.15) is 16.1 Å². The van der Waals surface area contributed by atoms with Gasteiger partial charge in [-0.25, -0.2) is 4.68 Å². The van der Waals surface area contributed by atoms with Gasteiger partial charge in [0.25, 0.3) is 17.3 Å². The Morgan fingerprint density at radius 2 is 1.62 bits per heavy atom. The lowest BCUT2D eigenvalue weighted by molar-refractivity contribution is -0.385. The van der Waals surface area contributed by atoms with E-state index in [0.717, 1.165) is 0 Å². The highest BCUT2D eigenvalue weighted by atomic mass is 16.6. The first kappa shape index (κ1) is 22.0. The Bertz CT molecular complexity index is 1400. The van der Waals surface area contributed by atoms with Crippen LogP contribution in [0.2, 0.25) is 0 Å². The molecule has 0 aliphatic rings. The minimum Gasteiger partial charge on any atom is -0.321 e. The molecule has 4 rings (SSSR count). The molecule has 0 bridgehead atoms. The second kappa shape index (κ2) is 9.53. The van der Waals surface area contributed by atoms with Crippen LogP contribution in [0.5, 0.6) is 0 Å². The highest BCUT2D eigenvalue weighted by molar-refractivity contribution is 6.06. The van der Waals surface area contributed by atoms with Crippen molar-refractivity contribution in [1.29, 1.82) is 0 Å². The number of hydrogen-bond donors (Lipinski definition) is 1. The predicted octanol–water partition coefficient (Wildman–Crippen LogP) is 4.69. The Morgan fingerprint density at radius 3 is 2.29 bits per heavy atom. The lowest BCUT2D eigenvalue weighted by atomic mass is 10.2. The highest BCUT2D eigenvalue weighted by Crippen LogP contribution is 2.23. The Labute approximate surface area is 192 Å². The van der Waals surface area contributed by atoms with Gasteiger partial charge in [-0.2, -0.15) is 5.10 Å². The van der Waals surface area contributed by atoms with E-state index in [2.05, 4.69) is 15.4 Å². The van der Waals surface area contributed by atoms with Crippen molar-refractivity contribution in [2.45, 2.75) is 0 Å². The zero-order valence-electron chi connectivity index (χ0n) is 17.4. The van der Waals surface area contributed by atoms with E-state index in [4.69, 9.17) is 0 Å². The quantitative estimate of drug-likeness (QED) is 0.242. The molecule has 0 aliphatic heterocycles. The van der Waals surface area contributed by atoms with Gasteiger partial charge in [0.1, 0.15) is 5.69 Å². The van der Waals surface area contributed by atoms with Gasteiger partial charge in [-0.15, -0.1) is 0 Å². The van der Waals surface area contributed by atoms with Gasteiger partial charge in [0, 0.05) is 36.2 Å². The Hall–Kier alpha value is -5.19. The summed E-state index contributed by atoms with van der Waals surface area (Å²) in [5.74, 6) is -0.574. The van der Waals surface area contributed by atoms with Crippen molar-refractivity contribution in [2.75, 3.05) is 5.32 Å². The molecule has 0 unspecified atom stereocenters. The summed E-state index contributed by atoms with van der Waals surface area (Å²) in [5.41, 5.74) is 1.57. The third-order valence-electron chi connectivity index (χ3n) is 4.70. The molecule has 0 saturated carbocycles. The molecule has 0 atom stereocenters. The van der Waals surface area contributed by atoms with Gasteiger partial charge in [-0.3, -0.25) is 30.0 Å². The molecule has 11 heteroatoms. The van der Waals surface area contributed by atoms with Gasteiger partial charge in [0.15, 0.2) is 5.69 Å². The van der Waals surface area contributed by atoms with Crippen molar-refractivity contribution in [3.63, 3.8) is 0 Å². The molecule has 0 aliphatic carbocycles. The van der Waals surface area contributed by atoms with Crippen LogP contribution in [0.4, 0.5) is 22.7 Å². The molecule has 3 aromatic carbocycles. The summed E-state index contributed by atoms with van der Waals surface area (Å²) in [6.45, 7) is 0. The fraction of sp³-hybridized carbons (Fsp3) is 0. The van der Waals surface area contributed by atoms with Crippen LogP contribution in [0.25, 0.3) is 5.69 Å². The van der Waals surface area contributed by atoms with E-state index in [1.54, 1.807) is 24.4 Å². The van der Waals surface area contributed by atoms with E-state index in [0.29, 0.717) is 16.9 Å². The maximum atomic E-state index is 13.0. The van der Waals surface area contributed by atoms with Gasteiger partial charge in [0.05, 0.1) is 21.7 Å². The first-order chi connectivity index (χ1) is 16.4. The molecule has 0 spiro atoms. The fourth-order valence-corrected chi connectivity index (χ4v) is 3.05. The number of aliphatic imine (C=N–C) groups is 1. The number of non-ortho nitro benzene ring substituents is 2. The van der Waals surface area contributed by atoms with Gasteiger partial charge in [-0.05, 0) is 29.8 Å². The first-order valence-corrected chi connectivity index (χ1v) is 9.90. The monoisotopic (exact) mass is 456 g/mol. The van der Waals surface area contributed by atoms with Crippen LogP contribution in [0.3, 0.4) is 0 Å². The number of rotatable bonds is 7. The van der Waals surface area contributed by atoms with Crippen molar-refractivity contribution in [3.8, 4) is 5.69 Å². The van der Waals surface area contributed by atoms with Gasteiger partial charge in [-0.1, -0.05) is 30.3 Å². The number of benzene rings is 3. The van der Waals surface area contributed by atoms with E-state index in [1.807, 2.05) is 18.2 Å². The number of nitrogens with one attached hydrogen (secondary N) is 1. The standard InChI is InChI=1S/C23H16N6O5/c30-23(25-17-9-11-19(12-10-17)28(31)32)22-21(15-27(26-22)18-6-2-1-3-7-18)24-14-16-5-4-8-20(13-16)29(33)34/h1-15H,(H,25,30). The molecule has 0 saturated heterocycles. The Balaban J connectivity index is 1.67. The second-order valence-corrected chi connectivity index (χ2v) is 7.01. The van der Waals surface area contributed by atoms with Crippen LogP contribution < -0.4 is 5.32 Å². The molecule has 1 N–H and O–H groups in total. The van der Waals surface area contributed by atoms with E-state index in [1.165, 1.54) is 53.4 Å². The maximum absolute atomic E-state index is 13.0. The average molecular weight is 456 g/mol. The summed E-state index contributed by atoms with van der Waals surface area (Å²) in [5, 5.41) is 28.9. The molecular weight excluding hydrogens is 440 g/mol. The Morgan fingerprint density at radius 1 is 0.912 bits per heavy atom. The van der Waals surface area contributed by atoms with Crippen LogP contribution in [-0.4, -0.2) is 31.7 Å². The fourth-order valence-electron chi connectivity index (χ4n) is 3.05. The summed E-state index contributed by atoms with van der Waals surface area (Å²) >= 11 is 0. The largest absolute Gasteiger partial charge is 0.321 e. The van der Waals surface area contributed by atoms with Crippen molar-refractivity contribution >= 4 is 34.9 Å². The number of nitro benzene ring substituents is 2. The molecule has 168 valence electrons. The number of anilines is 1. The number of nitrogens with zero attached hydrogens (tertiary/aromatic N) is 5. The molecular formula is C23H16N6O5. The van der Waals surface area contributed by atoms with E-state index in [-0.39, 0.29) is 22.8 Å². The number of aromatic nitrogens is 2. The normalized spacial score (nSPS) is 10.8. The highest BCUT2D eigenvalue weighted by Gasteiger charge is 2.18. The molecule has 1 heterocycles. The first-order valence-electron chi connectivity index (χ1n) is 9.90. The third kappa shape index (κ3) is 4.99. The smallest absolute Gasteiger partial charge is 0.278 e. The number of hydrogen-bond acceptors (Lipinski definition) is 7. The zero-order valence-corrected chi connectivity index (χ0v) is 17.4. The predicted molar refractivity (Wildman–Crippen MR) is 125 cm³/mol. The number of para-hydroxylation sites is 1. The van der Waals surface area contributed by atoms with Crippen LogP contribution in [-0.2, 0) is 0 Å². The lowest BCUT2D eigenvalue weighted by Crippen LogP contribution is -2.13.